The Morgan fingerprint density at radius 1 is 1.00 bits per heavy atom. The van der Waals surface area contributed by atoms with E-state index >= 15 is 0 Å². The Hall–Kier alpha value is -0.790. The Labute approximate surface area is 119 Å². The highest BCUT2D eigenvalue weighted by Gasteiger charge is 2.06. The van der Waals surface area contributed by atoms with E-state index in [0.29, 0.717) is 12.5 Å². The molecule has 19 heavy (non-hydrogen) atoms. The first-order valence-electron chi connectivity index (χ1n) is 7.68. The van der Waals surface area contributed by atoms with Crippen molar-refractivity contribution in [2.45, 2.75) is 73.1 Å². The molecule has 0 spiro atoms. The van der Waals surface area contributed by atoms with Crippen molar-refractivity contribution in [3.63, 3.8) is 0 Å². The highest BCUT2D eigenvalue weighted by Crippen LogP contribution is 2.19. The topological polar surface area (TPSA) is 26.3 Å². The van der Waals surface area contributed by atoms with Gasteiger partial charge in [-0.2, -0.15) is 0 Å². The highest BCUT2D eigenvalue weighted by atomic mass is 16.5. The van der Waals surface area contributed by atoms with E-state index in [1.165, 1.54) is 44.6 Å². The SMILES string of the molecule is CC(=O)OCC[C@@H](C)CCC[C@H](C)CCC=C(C)C. The Morgan fingerprint density at radius 3 is 2.11 bits per heavy atom. The smallest absolute Gasteiger partial charge is 0.302 e. The number of carbonyl (C=O) groups excluding carboxylic acids is 1. The predicted molar refractivity (Wildman–Crippen MR) is 82.1 cm³/mol. The number of ether oxygens (including phenoxy) is 1. The third-order valence-electron chi connectivity index (χ3n) is 3.52. The summed E-state index contributed by atoms with van der Waals surface area (Å²) in [5.41, 5.74) is 1.42. The van der Waals surface area contributed by atoms with Gasteiger partial charge in [-0.05, 0) is 44.9 Å². The Bertz CT molecular complexity index is 264. The van der Waals surface area contributed by atoms with Crippen LogP contribution in [0.4, 0.5) is 0 Å². The molecule has 0 aliphatic heterocycles. The number of hydrogen-bond donors (Lipinski definition) is 0. The van der Waals surface area contributed by atoms with E-state index in [1.54, 1.807) is 0 Å². The van der Waals surface area contributed by atoms with Gasteiger partial charge in [0.15, 0.2) is 0 Å². The molecule has 0 saturated carbocycles. The molecule has 0 unspecified atom stereocenters. The zero-order valence-electron chi connectivity index (χ0n) is 13.5. The van der Waals surface area contributed by atoms with E-state index in [4.69, 9.17) is 4.74 Å². The van der Waals surface area contributed by atoms with Crippen LogP contribution < -0.4 is 0 Å². The van der Waals surface area contributed by atoms with Gasteiger partial charge in [-0.3, -0.25) is 4.79 Å². The second-order valence-electron chi connectivity index (χ2n) is 6.13. The van der Waals surface area contributed by atoms with Crippen LogP contribution in [-0.2, 0) is 9.53 Å². The minimum absolute atomic E-state index is 0.167. The van der Waals surface area contributed by atoms with Crippen molar-refractivity contribution in [1.82, 2.24) is 0 Å². The number of rotatable bonds is 10. The number of esters is 1. The molecular weight excluding hydrogens is 236 g/mol. The van der Waals surface area contributed by atoms with Crippen LogP contribution in [0.15, 0.2) is 11.6 Å². The van der Waals surface area contributed by atoms with E-state index in [2.05, 4.69) is 33.8 Å². The molecule has 0 N–H and O–H groups in total. The molecule has 0 rings (SSSR count). The molecule has 0 radical (unpaired) electrons. The first-order valence-corrected chi connectivity index (χ1v) is 7.68. The largest absolute Gasteiger partial charge is 0.466 e. The summed E-state index contributed by atoms with van der Waals surface area (Å²) in [6.07, 6.45) is 9.68. The van der Waals surface area contributed by atoms with Crippen molar-refractivity contribution >= 4 is 5.97 Å². The van der Waals surface area contributed by atoms with Crippen LogP contribution in [0.1, 0.15) is 73.1 Å². The zero-order chi connectivity index (χ0) is 14.7. The molecule has 0 aromatic carbocycles. The summed E-state index contributed by atoms with van der Waals surface area (Å²) in [7, 11) is 0. The van der Waals surface area contributed by atoms with Crippen LogP contribution in [0, 0.1) is 11.8 Å². The molecular formula is C17H32O2. The van der Waals surface area contributed by atoms with Crippen molar-refractivity contribution in [2.24, 2.45) is 11.8 Å². The van der Waals surface area contributed by atoms with E-state index < -0.39 is 0 Å². The number of allylic oxidation sites excluding steroid dienone is 2. The van der Waals surface area contributed by atoms with Crippen LogP contribution in [0.25, 0.3) is 0 Å². The van der Waals surface area contributed by atoms with Crippen molar-refractivity contribution in [1.29, 1.82) is 0 Å². The number of hydrogen-bond acceptors (Lipinski definition) is 2. The van der Waals surface area contributed by atoms with Gasteiger partial charge in [0.2, 0.25) is 0 Å². The van der Waals surface area contributed by atoms with Crippen molar-refractivity contribution in [3.05, 3.63) is 11.6 Å². The third kappa shape index (κ3) is 13.4. The van der Waals surface area contributed by atoms with Crippen molar-refractivity contribution in [3.8, 4) is 0 Å². The maximum Gasteiger partial charge on any atom is 0.302 e. The second kappa shape index (κ2) is 11.1. The number of carbonyl (C=O) groups is 1. The second-order valence-corrected chi connectivity index (χ2v) is 6.13. The Morgan fingerprint density at radius 2 is 1.58 bits per heavy atom. The van der Waals surface area contributed by atoms with Gasteiger partial charge in [0.25, 0.3) is 0 Å². The predicted octanol–water partition coefficient (Wildman–Crippen LogP) is 5.13. The first-order chi connectivity index (χ1) is 8.91. The van der Waals surface area contributed by atoms with Gasteiger partial charge in [-0.15, -0.1) is 0 Å². The maximum atomic E-state index is 10.6. The van der Waals surface area contributed by atoms with Gasteiger partial charge >= 0.3 is 5.97 Å². The van der Waals surface area contributed by atoms with Crippen LogP contribution in [0.5, 0.6) is 0 Å². The van der Waals surface area contributed by atoms with Gasteiger partial charge in [0.1, 0.15) is 0 Å². The molecule has 0 heterocycles. The van der Waals surface area contributed by atoms with Gasteiger partial charge in [-0.25, -0.2) is 0 Å². The fourth-order valence-electron chi connectivity index (χ4n) is 2.16. The van der Waals surface area contributed by atoms with Crippen molar-refractivity contribution in [2.75, 3.05) is 6.61 Å². The van der Waals surface area contributed by atoms with E-state index in [0.717, 1.165) is 12.3 Å². The summed E-state index contributed by atoms with van der Waals surface area (Å²) >= 11 is 0. The van der Waals surface area contributed by atoms with Crippen LogP contribution in [-0.4, -0.2) is 12.6 Å². The molecule has 0 bridgehead atoms. The van der Waals surface area contributed by atoms with Crippen LogP contribution >= 0.6 is 0 Å². The summed E-state index contributed by atoms with van der Waals surface area (Å²) < 4.78 is 4.97. The molecule has 0 fully saturated rings. The molecule has 2 atom stereocenters. The Balaban J connectivity index is 3.50. The van der Waals surface area contributed by atoms with Gasteiger partial charge in [0, 0.05) is 6.92 Å². The summed E-state index contributed by atoms with van der Waals surface area (Å²) in [6, 6.07) is 0. The summed E-state index contributed by atoms with van der Waals surface area (Å²) in [4.78, 5) is 10.6. The summed E-state index contributed by atoms with van der Waals surface area (Å²) in [5.74, 6) is 1.31. The lowest BCUT2D eigenvalue weighted by Gasteiger charge is -2.14. The van der Waals surface area contributed by atoms with Crippen molar-refractivity contribution < 1.29 is 9.53 Å². The van der Waals surface area contributed by atoms with Crippen LogP contribution in [0.3, 0.4) is 0 Å². The molecule has 112 valence electrons. The van der Waals surface area contributed by atoms with Crippen LogP contribution in [0.2, 0.25) is 0 Å². The maximum absolute atomic E-state index is 10.6. The molecule has 0 aromatic heterocycles. The fourth-order valence-corrected chi connectivity index (χ4v) is 2.16. The highest BCUT2D eigenvalue weighted by molar-refractivity contribution is 5.65. The third-order valence-corrected chi connectivity index (χ3v) is 3.52. The molecule has 0 saturated heterocycles. The molecule has 2 nitrogen and oxygen atoms in total. The lowest BCUT2D eigenvalue weighted by Crippen LogP contribution is -2.06. The zero-order valence-corrected chi connectivity index (χ0v) is 13.5. The van der Waals surface area contributed by atoms with Gasteiger partial charge < -0.3 is 4.74 Å². The summed E-state index contributed by atoms with van der Waals surface area (Å²) in [5, 5.41) is 0. The van der Waals surface area contributed by atoms with E-state index in [9.17, 15) is 4.79 Å². The average Bonchev–Trinajstić information content (AvgIpc) is 2.27. The fraction of sp³-hybridized carbons (Fsp3) is 0.824. The lowest BCUT2D eigenvalue weighted by atomic mass is 9.94. The van der Waals surface area contributed by atoms with E-state index in [1.807, 2.05) is 0 Å². The monoisotopic (exact) mass is 268 g/mol. The molecule has 0 amide bonds. The normalized spacial score (nSPS) is 13.7. The first kappa shape index (κ1) is 18.2. The molecule has 0 aromatic rings. The van der Waals surface area contributed by atoms with E-state index in [-0.39, 0.29) is 5.97 Å². The quantitative estimate of drug-likeness (QED) is 0.405. The molecule has 0 aliphatic carbocycles. The standard InChI is InChI=1S/C17H32O2/c1-14(2)8-6-9-15(3)10-7-11-16(4)12-13-19-17(5)18/h8,15-16H,6-7,9-13H2,1-5H3/t15-,16+/m1/s1. The minimum Gasteiger partial charge on any atom is -0.466 e. The lowest BCUT2D eigenvalue weighted by molar-refractivity contribution is -0.141. The minimum atomic E-state index is -0.167. The Kier molecular flexibility index (Phi) is 10.6. The molecule has 0 aliphatic rings. The van der Waals surface area contributed by atoms with Gasteiger partial charge in [-0.1, -0.05) is 44.8 Å². The summed E-state index contributed by atoms with van der Waals surface area (Å²) in [6.45, 7) is 11.0. The van der Waals surface area contributed by atoms with Gasteiger partial charge in [0.05, 0.1) is 6.61 Å². The average molecular weight is 268 g/mol. The molecule has 2 heteroatoms.